The van der Waals surface area contributed by atoms with Crippen molar-refractivity contribution >= 4 is 11.6 Å². The highest BCUT2D eigenvalue weighted by molar-refractivity contribution is 6.30. The van der Waals surface area contributed by atoms with Crippen LogP contribution in [0, 0.1) is 0 Å². The SMILES string of the molecule is OC(CCC(F)(F)F)COc1ccc(Cl)cc1. The molecule has 1 aromatic rings. The molecule has 1 atom stereocenters. The van der Waals surface area contributed by atoms with E-state index >= 15 is 0 Å². The summed E-state index contributed by atoms with van der Waals surface area (Å²) in [4.78, 5) is 0. The lowest BCUT2D eigenvalue weighted by Gasteiger charge is -2.13. The summed E-state index contributed by atoms with van der Waals surface area (Å²) >= 11 is 5.64. The van der Waals surface area contributed by atoms with Crippen LogP contribution in [0.3, 0.4) is 0 Å². The Kier molecular flexibility index (Phi) is 5.08. The molecular formula is C11H12ClF3O2. The van der Waals surface area contributed by atoms with Gasteiger partial charge in [0.05, 0.1) is 6.10 Å². The van der Waals surface area contributed by atoms with Gasteiger partial charge in [-0.05, 0) is 30.7 Å². The average Bonchev–Trinajstić information content (AvgIpc) is 2.25. The summed E-state index contributed by atoms with van der Waals surface area (Å²) in [5.74, 6) is 0.459. The van der Waals surface area contributed by atoms with Gasteiger partial charge in [-0.3, -0.25) is 0 Å². The molecule has 0 aromatic heterocycles. The number of benzene rings is 1. The largest absolute Gasteiger partial charge is 0.491 e. The summed E-state index contributed by atoms with van der Waals surface area (Å²) in [6.07, 6.45) is -6.76. The van der Waals surface area contributed by atoms with E-state index in [4.69, 9.17) is 16.3 Å². The Morgan fingerprint density at radius 3 is 2.35 bits per heavy atom. The third-order valence-corrected chi connectivity index (χ3v) is 2.27. The van der Waals surface area contributed by atoms with Gasteiger partial charge >= 0.3 is 6.18 Å². The van der Waals surface area contributed by atoms with Gasteiger partial charge in [-0.15, -0.1) is 0 Å². The number of hydrogen-bond donors (Lipinski definition) is 1. The van der Waals surface area contributed by atoms with Crippen LogP contribution in [0.25, 0.3) is 0 Å². The molecule has 0 bridgehead atoms. The molecule has 0 saturated heterocycles. The molecule has 17 heavy (non-hydrogen) atoms. The minimum Gasteiger partial charge on any atom is -0.491 e. The predicted molar refractivity (Wildman–Crippen MR) is 58.2 cm³/mol. The highest BCUT2D eigenvalue weighted by Crippen LogP contribution is 2.22. The zero-order valence-corrected chi connectivity index (χ0v) is 9.63. The van der Waals surface area contributed by atoms with Gasteiger partial charge in [0, 0.05) is 11.4 Å². The van der Waals surface area contributed by atoms with Crippen molar-refractivity contribution in [2.75, 3.05) is 6.61 Å². The van der Waals surface area contributed by atoms with Crippen molar-refractivity contribution < 1.29 is 23.0 Å². The van der Waals surface area contributed by atoms with E-state index in [0.29, 0.717) is 10.8 Å². The van der Waals surface area contributed by atoms with Gasteiger partial charge in [0.1, 0.15) is 12.4 Å². The molecular weight excluding hydrogens is 257 g/mol. The lowest BCUT2D eigenvalue weighted by Crippen LogP contribution is -2.20. The first kappa shape index (κ1) is 14.1. The first-order chi connectivity index (χ1) is 7.87. The number of aliphatic hydroxyl groups is 1. The van der Waals surface area contributed by atoms with Crippen LogP contribution in [-0.2, 0) is 0 Å². The maximum absolute atomic E-state index is 11.9. The van der Waals surface area contributed by atoms with E-state index < -0.39 is 18.7 Å². The molecule has 1 rings (SSSR count). The summed E-state index contributed by atoms with van der Waals surface area (Å²) in [6, 6.07) is 6.36. The number of rotatable bonds is 5. The molecule has 1 N–H and O–H groups in total. The monoisotopic (exact) mass is 268 g/mol. The fourth-order valence-corrected chi connectivity index (χ4v) is 1.26. The van der Waals surface area contributed by atoms with Crippen molar-refractivity contribution in [2.24, 2.45) is 0 Å². The van der Waals surface area contributed by atoms with Gasteiger partial charge in [-0.1, -0.05) is 11.6 Å². The summed E-state index contributed by atoms with van der Waals surface area (Å²) in [6.45, 7) is -0.169. The van der Waals surface area contributed by atoms with E-state index in [9.17, 15) is 18.3 Å². The zero-order chi connectivity index (χ0) is 12.9. The van der Waals surface area contributed by atoms with E-state index in [1.54, 1.807) is 24.3 Å². The molecule has 6 heteroatoms. The molecule has 0 radical (unpaired) electrons. The second-order valence-corrected chi connectivity index (χ2v) is 4.01. The fourth-order valence-electron chi connectivity index (χ4n) is 1.14. The van der Waals surface area contributed by atoms with Gasteiger partial charge in [0.2, 0.25) is 0 Å². The Bertz CT molecular complexity index is 338. The average molecular weight is 269 g/mol. The third-order valence-electron chi connectivity index (χ3n) is 2.02. The van der Waals surface area contributed by atoms with E-state index in [0.717, 1.165) is 0 Å². The molecule has 0 amide bonds. The topological polar surface area (TPSA) is 29.5 Å². The first-order valence-corrected chi connectivity index (χ1v) is 5.38. The summed E-state index contributed by atoms with van der Waals surface area (Å²) in [5, 5.41) is 9.81. The summed E-state index contributed by atoms with van der Waals surface area (Å²) in [5.41, 5.74) is 0. The molecule has 2 nitrogen and oxygen atoms in total. The van der Waals surface area contributed by atoms with Gasteiger partial charge in [-0.2, -0.15) is 13.2 Å². The number of aliphatic hydroxyl groups excluding tert-OH is 1. The van der Waals surface area contributed by atoms with Crippen LogP contribution in [0.5, 0.6) is 5.75 Å². The van der Waals surface area contributed by atoms with Crippen molar-refractivity contribution in [3.8, 4) is 5.75 Å². The lowest BCUT2D eigenvalue weighted by molar-refractivity contribution is -0.140. The smallest absolute Gasteiger partial charge is 0.389 e. The standard InChI is InChI=1S/C11H12ClF3O2/c12-8-1-3-10(4-2-8)17-7-9(16)5-6-11(13,14)15/h1-4,9,16H,5-7H2. The number of ether oxygens (including phenoxy) is 1. The second kappa shape index (κ2) is 6.12. The Hall–Kier alpha value is -0.940. The summed E-state index contributed by atoms with van der Waals surface area (Å²) < 4.78 is 40.7. The normalized spacial score (nSPS) is 13.5. The summed E-state index contributed by atoms with van der Waals surface area (Å²) in [7, 11) is 0. The molecule has 0 spiro atoms. The highest BCUT2D eigenvalue weighted by atomic mass is 35.5. The number of hydrogen-bond acceptors (Lipinski definition) is 2. The van der Waals surface area contributed by atoms with Gasteiger partial charge in [0.15, 0.2) is 0 Å². The molecule has 1 aromatic carbocycles. The number of halogens is 4. The van der Waals surface area contributed by atoms with Crippen LogP contribution in [-0.4, -0.2) is 24.0 Å². The van der Waals surface area contributed by atoms with Gasteiger partial charge in [-0.25, -0.2) is 0 Å². The fraction of sp³-hybridized carbons (Fsp3) is 0.455. The second-order valence-electron chi connectivity index (χ2n) is 3.57. The van der Waals surface area contributed by atoms with Crippen molar-refractivity contribution in [1.82, 2.24) is 0 Å². The highest BCUT2D eigenvalue weighted by Gasteiger charge is 2.27. The van der Waals surface area contributed by atoms with Crippen LogP contribution in [0.1, 0.15) is 12.8 Å². The van der Waals surface area contributed by atoms with E-state index in [2.05, 4.69) is 0 Å². The molecule has 0 aliphatic carbocycles. The minimum atomic E-state index is -4.25. The first-order valence-electron chi connectivity index (χ1n) is 5.00. The van der Waals surface area contributed by atoms with Crippen LogP contribution in [0.2, 0.25) is 5.02 Å². The van der Waals surface area contributed by atoms with Gasteiger partial charge < -0.3 is 9.84 Å². The molecule has 0 heterocycles. The van der Waals surface area contributed by atoms with Crippen LogP contribution in [0.15, 0.2) is 24.3 Å². The zero-order valence-electron chi connectivity index (χ0n) is 8.88. The number of alkyl halides is 3. The Morgan fingerprint density at radius 1 is 1.24 bits per heavy atom. The van der Waals surface area contributed by atoms with Crippen LogP contribution < -0.4 is 4.74 Å². The van der Waals surface area contributed by atoms with E-state index in [1.807, 2.05) is 0 Å². The lowest BCUT2D eigenvalue weighted by atomic mass is 10.2. The maximum atomic E-state index is 11.9. The molecule has 0 aliphatic rings. The van der Waals surface area contributed by atoms with Crippen LogP contribution in [0.4, 0.5) is 13.2 Å². The molecule has 1 unspecified atom stereocenters. The maximum Gasteiger partial charge on any atom is 0.389 e. The Balaban J connectivity index is 2.28. The molecule has 0 aliphatic heterocycles. The van der Waals surface area contributed by atoms with Crippen molar-refractivity contribution in [1.29, 1.82) is 0 Å². The molecule has 96 valence electrons. The van der Waals surface area contributed by atoms with Gasteiger partial charge in [0.25, 0.3) is 0 Å². The minimum absolute atomic E-state index is 0.169. The van der Waals surface area contributed by atoms with Crippen molar-refractivity contribution in [3.63, 3.8) is 0 Å². The Labute approximate surface area is 102 Å². The third kappa shape index (κ3) is 6.38. The van der Waals surface area contributed by atoms with Crippen LogP contribution >= 0.6 is 11.6 Å². The van der Waals surface area contributed by atoms with E-state index in [1.165, 1.54) is 0 Å². The van der Waals surface area contributed by atoms with Crippen molar-refractivity contribution in [2.45, 2.75) is 25.1 Å². The van der Waals surface area contributed by atoms with E-state index in [-0.39, 0.29) is 13.0 Å². The van der Waals surface area contributed by atoms with Crippen molar-refractivity contribution in [3.05, 3.63) is 29.3 Å². The quantitative estimate of drug-likeness (QED) is 0.887. The molecule has 0 fully saturated rings. The Morgan fingerprint density at radius 2 is 1.82 bits per heavy atom. The molecule has 0 saturated carbocycles. The predicted octanol–water partition coefficient (Wildman–Crippen LogP) is 3.42.